The summed E-state index contributed by atoms with van der Waals surface area (Å²) >= 11 is 4.67. The van der Waals surface area contributed by atoms with Crippen LogP contribution in [0.4, 0.5) is 5.69 Å². The van der Waals surface area contributed by atoms with Gasteiger partial charge in [0.15, 0.2) is 5.16 Å². The Balaban J connectivity index is 1.83. The van der Waals surface area contributed by atoms with Crippen LogP contribution in [-0.2, 0) is 11.3 Å². The molecule has 0 radical (unpaired) electrons. The number of carbonyl (C=O) groups is 1. The third kappa shape index (κ3) is 5.43. The molecule has 0 aliphatic heterocycles. The number of para-hydroxylation sites is 2. The van der Waals surface area contributed by atoms with E-state index in [4.69, 9.17) is 4.74 Å². The first-order valence-corrected chi connectivity index (χ1v) is 11.5. The van der Waals surface area contributed by atoms with E-state index < -0.39 is 0 Å². The van der Waals surface area contributed by atoms with Crippen molar-refractivity contribution in [2.75, 3.05) is 17.7 Å². The number of fused-ring (bicyclic) bond motifs is 1. The van der Waals surface area contributed by atoms with Gasteiger partial charge in [0.25, 0.3) is 5.56 Å². The van der Waals surface area contributed by atoms with Crippen LogP contribution in [0.25, 0.3) is 10.9 Å². The highest BCUT2D eigenvalue weighted by atomic mass is 79.9. The molecule has 30 heavy (non-hydrogen) atoms. The van der Waals surface area contributed by atoms with Crippen LogP contribution in [0.3, 0.4) is 0 Å². The highest BCUT2D eigenvalue weighted by molar-refractivity contribution is 9.10. The normalized spacial score (nSPS) is 11.1. The zero-order chi connectivity index (χ0) is 21.7. The van der Waals surface area contributed by atoms with Gasteiger partial charge in [-0.15, -0.1) is 0 Å². The van der Waals surface area contributed by atoms with Crippen molar-refractivity contribution in [3.05, 3.63) is 57.3 Å². The number of benzene rings is 2. The van der Waals surface area contributed by atoms with Crippen molar-refractivity contribution < 1.29 is 9.53 Å². The number of aromatic nitrogens is 2. The van der Waals surface area contributed by atoms with Crippen LogP contribution in [0.1, 0.15) is 20.8 Å². The molecule has 3 rings (SSSR count). The average molecular weight is 490 g/mol. The van der Waals surface area contributed by atoms with Gasteiger partial charge in [0.1, 0.15) is 5.75 Å². The lowest BCUT2D eigenvalue weighted by molar-refractivity contribution is -0.113. The van der Waals surface area contributed by atoms with E-state index in [0.29, 0.717) is 40.6 Å². The molecule has 3 aromatic rings. The minimum Gasteiger partial charge on any atom is -0.492 e. The Bertz CT molecular complexity index is 1110. The molecule has 1 aromatic heterocycles. The van der Waals surface area contributed by atoms with Gasteiger partial charge in [-0.1, -0.05) is 53.7 Å². The third-order valence-electron chi connectivity index (χ3n) is 4.22. The molecule has 1 heterocycles. The van der Waals surface area contributed by atoms with Gasteiger partial charge in [-0.25, -0.2) is 4.98 Å². The number of carbonyl (C=O) groups excluding carboxylic acids is 1. The topological polar surface area (TPSA) is 73.2 Å². The summed E-state index contributed by atoms with van der Waals surface area (Å²) in [5, 5.41) is 3.98. The average Bonchev–Trinajstić information content (AvgIpc) is 2.71. The second-order valence-electron chi connectivity index (χ2n) is 7.13. The second kappa shape index (κ2) is 10.1. The van der Waals surface area contributed by atoms with Crippen molar-refractivity contribution in [2.24, 2.45) is 5.92 Å². The van der Waals surface area contributed by atoms with Crippen LogP contribution in [0.2, 0.25) is 0 Å². The van der Waals surface area contributed by atoms with Crippen molar-refractivity contribution in [3.63, 3.8) is 0 Å². The van der Waals surface area contributed by atoms with Crippen LogP contribution in [0.15, 0.2) is 56.9 Å². The van der Waals surface area contributed by atoms with E-state index in [9.17, 15) is 9.59 Å². The number of hydrogen-bond donors (Lipinski definition) is 1. The fourth-order valence-electron chi connectivity index (χ4n) is 2.98. The summed E-state index contributed by atoms with van der Waals surface area (Å²) in [6, 6.07) is 12.8. The molecule has 2 aromatic carbocycles. The number of ether oxygens (including phenoxy) is 1. The molecule has 0 bridgehead atoms. The molecule has 0 saturated heterocycles. The molecule has 0 spiro atoms. The summed E-state index contributed by atoms with van der Waals surface area (Å²) < 4.78 is 8.04. The van der Waals surface area contributed by atoms with Gasteiger partial charge in [0.05, 0.1) is 29.0 Å². The van der Waals surface area contributed by atoms with Crippen molar-refractivity contribution in [1.82, 2.24) is 9.55 Å². The number of nitrogens with one attached hydrogen (secondary N) is 1. The fraction of sp³-hybridized carbons (Fsp3) is 0.318. The molecule has 158 valence electrons. The van der Waals surface area contributed by atoms with Crippen molar-refractivity contribution in [2.45, 2.75) is 32.5 Å². The van der Waals surface area contributed by atoms with Gasteiger partial charge in [0, 0.05) is 11.0 Å². The Morgan fingerprint density at radius 3 is 2.77 bits per heavy atom. The first kappa shape index (κ1) is 22.4. The summed E-state index contributed by atoms with van der Waals surface area (Å²) in [6.45, 7) is 7.03. The highest BCUT2D eigenvalue weighted by Crippen LogP contribution is 2.25. The van der Waals surface area contributed by atoms with Gasteiger partial charge >= 0.3 is 0 Å². The number of rotatable bonds is 8. The lowest BCUT2D eigenvalue weighted by atomic mass is 10.2. The summed E-state index contributed by atoms with van der Waals surface area (Å²) in [6.07, 6.45) is 0. The molecular weight excluding hydrogens is 466 g/mol. The molecule has 6 nitrogen and oxygen atoms in total. The van der Waals surface area contributed by atoms with E-state index in [2.05, 4.69) is 26.2 Å². The van der Waals surface area contributed by atoms with Gasteiger partial charge in [-0.05, 0) is 43.2 Å². The number of anilines is 1. The number of hydrogen-bond acceptors (Lipinski definition) is 5. The first-order valence-electron chi connectivity index (χ1n) is 9.73. The molecule has 8 heteroatoms. The van der Waals surface area contributed by atoms with Crippen molar-refractivity contribution in [3.8, 4) is 5.75 Å². The van der Waals surface area contributed by atoms with Crippen LogP contribution in [-0.4, -0.2) is 27.8 Å². The molecule has 0 aliphatic rings. The maximum Gasteiger partial charge on any atom is 0.262 e. The Labute approximate surface area is 188 Å². The highest BCUT2D eigenvalue weighted by Gasteiger charge is 2.15. The molecule has 0 fully saturated rings. The number of nitrogens with zero attached hydrogens (tertiary/aromatic N) is 2. The van der Waals surface area contributed by atoms with Crippen LogP contribution in [0, 0.1) is 5.92 Å². The Morgan fingerprint density at radius 1 is 1.27 bits per heavy atom. The fourth-order valence-corrected chi connectivity index (χ4v) is 4.15. The SMILES string of the molecule is CCOc1ccccc1NC(=O)CSc1nc2ccc(Br)cc2c(=O)n1CC(C)C. The predicted octanol–water partition coefficient (Wildman–Crippen LogP) is 4.94. The minimum absolute atomic E-state index is 0.0976. The maximum absolute atomic E-state index is 13.1. The standard InChI is InChI=1S/C22H24BrN3O3S/c1-4-29-19-8-6-5-7-18(19)24-20(27)13-30-22-25-17-10-9-15(23)11-16(17)21(28)26(22)12-14(2)3/h5-11,14H,4,12-13H2,1-3H3,(H,24,27). The summed E-state index contributed by atoms with van der Waals surface area (Å²) in [5.41, 5.74) is 1.15. The van der Waals surface area contributed by atoms with Gasteiger partial charge in [-0.3, -0.25) is 14.2 Å². The van der Waals surface area contributed by atoms with E-state index in [-0.39, 0.29) is 23.1 Å². The van der Waals surface area contributed by atoms with Crippen molar-refractivity contribution >= 4 is 50.2 Å². The smallest absolute Gasteiger partial charge is 0.262 e. The van der Waals surface area contributed by atoms with E-state index in [0.717, 1.165) is 4.47 Å². The second-order valence-corrected chi connectivity index (χ2v) is 8.99. The van der Waals surface area contributed by atoms with Crippen LogP contribution < -0.4 is 15.6 Å². The number of halogens is 1. The van der Waals surface area contributed by atoms with E-state index in [1.165, 1.54) is 11.8 Å². The summed E-state index contributed by atoms with van der Waals surface area (Å²) in [7, 11) is 0. The molecule has 0 saturated carbocycles. The van der Waals surface area contributed by atoms with Gasteiger partial charge in [-0.2, -0.15) is 0 Å². The van der Waals surface area contributed by atoms with Crippen LogP contribution >= 0.6 is 27.7 Å². The number of amides is 1. The Morgan fingerprint density at radius 2 is 2.03 bits per heavy atom. The summed E-state index contributed by atoms with van der Waals surface area (Å²) in [4.78, 5) is 30.3. The molecule has 1 amide bonds. The quantitative estimate of drug-likeness (QED) is 0.358. The van der Waals surface area contributed by atoms with E-state index >= 15 is 0 Å². The third-order valence-corrected chi connectivity index (χ3v) is 5.69. The Kier molecular flexibility index (Phi) is 7.55. The van der Waals surface area contributed by atoms with Gasteiger partial charge < -0.3 is 10.1 Å². The Hall–Kier alpha value is -2.32. The lowest BCUT2D eigenvalue weighted by Crippen LogP contribution is -2.26. The zero-order valence-corrected chi connectivity index (χ0v) is 19.5. The number of thioether (sulfide) groups is 1. The largest absolute Gasteiger partial charge is 0.492 e. The van der Waals surface area contributed by atoms with Crippen LogP contribution in [0.5, 0.6) is 5.75 Å². The monoisotopic (exact) mass is 489 g/mol. The molecule has 0 unspecified atom stereocenters. The molecule has 1 N–H and O–H groups in total. The molecule has 0 atom stereocenters. The lowest BCUT2D eigenvalue weighted by Gasteiger charge is -2.15. The first-order chi connectivity index (χ1) is 14.4. The van der Waals surface area contributed by atoms with E-state index in [1.807, 2.05) is 51.1 Å². The molecule has 0 aliphatic carbocycles. The van der Waals surface area contributed by atoms with Gasteiger partial charge in [0.2, 0.25) is 5.91 Å². The molecular formula is C22H24BrN3O3S. The predicted molar refractivity (Wildman–Crippen MR) is 126 cm³/mol. The maximum atomic E-state index is 13.1. The van der Waals surface area contributed by atoms with E-state index in [1.54, 1.807) is 16.7 Å². The van der Waals surface area contributed by atoms with Crippen molar-refractivity contribution in [1.29, 1.82) is 0 Å². The summed E-state index contributed by atoms with van der Waals surface area (Å²) in [5.74, 6) is 0.839. The minimum atomic E-state index is -0.187. The zero-order valence-electron chi connectivity index (χ0n) is 17.1.